The Kier molecular flexibility index (Phi) is 3.32. The van der Waals surface area contributed by atoms with E-state index in [9.17, 15) is 8.42 Å². The molecule has 0 spiro atoms. The van der Waals surface area contributed by atoms with Crippen LogP contribution in [0, 0.1) is 6.92 Å². The van der Waals surface area contributed by atoms with Gasteiger partial charge in [-0.3, -0.25) is 0 Å². The van der Waals surface area contributed by atoms with Gasteiger partial charge in [0, 0.05) is 17.1 Å². The Morgan fingerprint density at radius 2 is 2.00 bits per heavy atom. The van der Waals surface area contributed by atoms with E-state index < -0.39 is 10.0 Å². The van der Waals surface area contributed by atoms with Crippen LogP contribution in [0.3, 0.4) is 0 Å². The third-order valence-electron chi connectivity index (χ3n) is 3.45. The number of nitrogens with zero attached hydrogens (tertiary/aromatic N) is 2. The Morgan fingerprint density at radius 1 is 1.30 bits per heavy atom. The van der Waals surface area contributed by atoms with Gasteiger partial charge in [0.25, 0.3) is 0 Å². The molecule has 0 bridgehead atoms. The van der Waals surface area contributed by atoms with Crippen molar-refractivity contribution in [2.45, 2.75) is 24.8 Å². The standard InChI is InChI=1S/C13H13ClN2O3S/c1-9-12-6-7-16(8-13(12)19-15-9)20(17,18)11-4-2-10(14)3-5-11/h2-5H,6-8H2,1H3. The molecule has 106 valence electrons. The van der Waals surface area contributed by atoms with Gasteiger partial charge in [0.2, 0.25) is 10.0 Å². The predicted octanol–water partition coefficient (Wildman–Crippen LogP) is 2.38. The van der Waals surface area contributed by atoms with Gasteiger partial charge in [-0.25, -0.2) is 8.42 Å². The van der Waals surface area contributed by atoms with Gasteiger partial charge in [-0.1, -0.05) is 16.8 Å². The summed E-state index contributed by atoms with van der Waals surface area (Å²) in [5, 5.41) is 4.40. The molecule has 7 heteroatoms. The van der Waals surface area contributed by atoms with Gasteiger partial charge in [0.15, 0.2) is 5.76 Å². The van der Waals surface area contributed by atoms with Gasteiger partial charge in [0.05, 0.1) is 17.1 Å². The maximum absolute atomic E-state index is 12.5. The number of hydrogen-bond acceptors (Lipinski definition) is 4. The molecule has 1 aromatic carbocycles. The van der Waals surface area contributed by atoms with E-state index in [-0.39, 0.29) is 11.4 Å². The Bertz CT molecular complexity index is 737. The lowest BCUT2D eigenvalue weighted by Gasteiger charge is -2.25. The van der Waals surface area contributed by atoms with Crippen molar-refractivity contribution in [3.05, 3.63) is 46.3 Å². The topological polar surface area (TPSA) is 63.4 Å². The first-order valence-corrected chi connectivity index (χ1v) is 8.00. The van der Waals surface area contributed by atoms with Gasteiger partial charge in [0.1, 0.15) is 0 Å². The number of aryl methyl sites for hydroxylation is 1. The molecule has 0 saturated carbocycles. The Morgan fingerprint density at radius 3 is 2.70 bits per heavy atom. The monoisotopic (exact) mass is 312 g/mol. The van der Waals surface area contributed by atoms with Crippen LogP contribution in [-0.4, -0.2) is 24.4 Å². The maximum Gasteiger partial charge on any atom is 0.243 e. The molecule has 0 amide bonds. The highest BCUT2D eigenvalue weighted by molar-refractivity contribution is 7.89. The molecule has 0 N–H and O–H groups in total. The minimum atomic E-state index is -3.53. The second kappa shape index (κ2) is 4.87. The third kappa shape index (κ3) is 2.24. The van der Waals surface area contributed by atoms with Crippen molar-refractivity contribution in [1.29, 1.82) is 0 Å². The number of aromatic nitrogens is 1. The Hall–Kier alpha value is -1.37. The van der Waals surface area contributed by atoms with Crippen LogP contribution in [0.4, 0.5) is 0 Å². The fourth-order valence-corrected chi connectivity index (χ4v) is 3.84. The lowest BCUT2D eigenvalue weighted by molar-refractivity contribution is 0.307. The van der Waals surface area contributed by atoms with Crippen LogP contribution in [0.2, 0.25) is 5.02 Å². The highest BCUT2D eigenvalue weighted by atomic mass is 35.5. The molecule has 0 aliphatic carbocycles. The zero-order chi connectivity index (χ0) is 14.3. The van der Waals surface area contributed by atoms with Crippen LogP contribution >= 0.6 is 11.6 Å². The summed E-state index contributed by atoms with van der Waals surface area (Å²) in [6.45, 7) is 2.52. The molecule has 0 atom stereocenters. The summed E-state index contributed by atoms with van der Waals surface area (Å²) in [5.74, 6) is 0.631. The predicted molar refractivity (Wildman–Crippen MR) is 74.0 cm³/mol. The minimum Gasteiger partial charge on any atom is -0.359 e. The van der Waals surface area contributed by atoms with Gasteiger partial charge in [-0.2, -0.15) is 4.31 Å². The van der Waals surface area contributed by atoms with E-state index in [1.54, 1.807) is 12.1 Å². The van der Waals surface area contributed by atoms with E-state index in [0.29, 0.717) is 23.7 Å². The van der Waals surface area contributed by atoms with Crippen molar-refractivity contribution in [2.24, 2.45) is 0 Å². The molecule has 2 heterocycles. The number of rotatable bonds is 2. The molecule has 5 nitrogen and oxygen atoms in total. The van der Waals surface area contributed by atoms with Crippen LogP contribution in [0.25, 0.3) is 0 Å². The number of hydrogen-bond donors (Lipinski definition) is 0. The van der Waals surface area contributed by atoms with Crippen LogP contribution in [0.15, 0.2) is 33.7 Å². The van der Waals surface area contributed by atoms with Crippen molar-refractivity contribution < 1.29 is 12.9 Å². The Labute approximate surface area is 122 Å². The second-order valence-electron chi connectivity index (χ2n) is 4.71. The van der Waals surface area contributed by atoms with E-state index in [4.69, 9.17) is 16.1 Å². The largest absolute Gasteiger partial charge is 0.359 e. The molecule has 20 heavy (non-hydrogen) atoms. The summed E-state index contributed by atoms with van der Waals surface area (Å²) in [6, 6.07) is 6.17. The third-order valence-corrected chi connectivity index (χ3v) is 5.56. The van der Waals surface area contributed by atoms with E-state index >= 15 is 0 Å². The molecule has 0 fully saturated rings. The lowest BCUT2D eigenvalue weighted by Crippen LogP contribution is -2.35. The first-order valence-electron chi connectivity index (χ1n) is 6.18. The van der Waals surface area contributed by atoms with E-state index in [1.165, 1.54) is 16.4 Å². The summed E-state index contributed by atoms with van der Waals surface area (Å²) in [5.41, 5.74) is 1.86. The van der Waals surface area contributed by atoms with Crippen molar-refractivity contribution in [3.8, 4) is 0 Å². The molecule has 1 aromatic heterocycles. The van der Waals surface area contributed by atoms with Gasteiger partial charge in [-0.05, 0) is 37.6 Å². The van der Waals surface area contributed by atoms with Gasteiger partial charge >= 0.3 is 0 Å². The first-order chi connectivity index (χ1) is 9.48. The van der Waals surface area contributed by atoms with Crippen LogP contribution < -0.4 is 0 Å². The quantitative estimate of drug-likeness (QED) is 0.854. The van der Waals surface area contributed by atoms with Gasteiger partial charge in [-0.15, -0.1) is 0 Å². The lowest BCUT2D eigenvalue weighted by atomic mass is 10.1. The summed E-state index contributed by atoms with van der Waals surface area (Å²) >= 11 is 5.79. The number of benzene rings is 1. The summed E-state index contributed by atoms with van der Waals surface area (Å²) < 4.78 is 31.7. The summed E-state index contributed by atoms with van der Waals surface area (Å²) in [7, 11) is -3.53. The molecule has 1 aliphatic rings. The molecule has 2 aromatic rings. The fourth-order valence-electron chi connectivity index (χ4n) is 2.32. The second-order valence-corrected chi connectivity index (χ2v) is 7.09. The number of fused-ring (bicyclic) bond motifs is 1. The molecule has 3 rings (SSSR count). The van der Waals surface area contributed by atoms with Crippen molar-refractivity contribution >= 4 is 21.6 Å². The molecule has 0 unspecified atom stereocenters. The summed E-state index contributed by atoms with van der Waals surface area (Å²) in [4.78, 5) is 0.238. The summed E-state index contributed by atoms with van der Waals surface area (Å²) in [6.07, 6.45) is 0.623. The zero-order valence-electron chi connectivity index (χ0n) is 10.8. The molecule has 0 saturated heterocycles. The number of sulfonamides is 1. The van der Waals surface area contributed by atoms with Crippen molar-refractivity contribution in [3.63, 3.8) is 0 Å². The van der Waals surface area contributed by atoms with Gasteiger partial charge < -0.3 is 4.52 Å². The average molecular weight is 313 g/mol. The maximum atomic E-state index is 12.5. The molecule has 1 aliphatic heterocycles. The molecular weight excluding hydrogens is 300 g/mol. The van der Waals surface area contributed by atoms with Crippen LogP contribution in [-0.2, 0) is 23.0 Å². The fraction of sp³-hybridized carbons (Fsp3) is 0.308. The van der Waals surface area contributed by atoms with Crippen LogP contribution in [0.5, 0.6) is 0 Å². The van der Waals surface area contributed by atoms with Crippen molar-refractivity contribution in [2.75, 3.05) is 6.54 Å². The highest BCUT2D eigenvalue weighted by Gasteiger charge is 2.31. The minimum absolute atomic E-state index is 0.223. The highest BCUT2D eigenvalue weighted by Crippen LogP contribution is 2.27. The van der Waals surface area contributed by atoms with E-state index in [2.05, 4.69) is 5.16 Å². The number of halogens is 1. The van der Waals surface area contributed by atoms with E-state index in [1.807, 2.05) is 6.92 Å². The SMILES string of the molecule is Cc1noc2c1CCN(S(=O)(=O)c1ccc(Cl)cc1)C2. The smallest absolute Gasteiger partial charge is 0.243 e. The molecular formula is C13H13ClN2O3S. The first kappa shape index (κ1) is 13.6. The van der Waals surface area contributed by atoms with Crippen molar-refractivity contribution in [1.82, 2.24) is 9.46 Å². The van der Waals surface area contributed by atoms with E-state index in [0.717, 1.165) is 11.3 Å². The zero-order valence-corrected chi connectivity index (χ0v) is 12.4. The van der Waals surface area contributed by atoms with Crippen LogP contribution in [0.1, 0.15) is 17.0 Å². The molecule has 0 radical (unpaired) electrons. The normalized spacial score (nSPS) is 16.1. The average Bonchev–Trinajstić information content (AvgIpc) is 2.80. The Balaban J connectivity index is 1.92.